The summed E-state index contributed by atoms with van der Waals surface area (Å²) < 4.78 is 24.9. The maximum atomic E-state index is 13.2. The zero-order chi connectivity index (χ0) is 26.4. The van der Waals surface area contributed by atoms with Gasteiger partial charge in [0, 0.05) is 43.1 Å². The van der Waals surface area contributed by atoms with Gasteiger partial charge in [-0.05, 0) is 86.5 Å². The molecular weight excluding hydrogens is 489 g/mol. The average molecular weight is 522 g/mol. The van der Waals surface area contributed by atoms with Crippen molar-refractivity contribution in [2.45, 2.75) is 20.8 Å². The summed E-state index contributed by atoms with van der Waals surface area (Å²) in [5.41, 5.74) is 4.89. The fourth-order valence-electron chi connectivity index (χ4n) is 4.19. The second kappa shape index (κ2) is 12.1. The van der Waals surface area contributed by atoms with Crippen molar-refractivity contribution in [3.8, 4) is 11.5 Å². The summed E-state index contributed by atoms with van der Waals surface area (Å²) in [4.78, 5) is 17.6. The topological polar surface area (TPSA) is 54.0 Å². The lowest BCUT2D eigenvalue weighted by Gasteiger charge is -2.37. The number of carbonyl (C=O) groups is 1. The molecule has 1 heterocycles. The molecule has 0 aliphatic carbocycles. The fraction of sp³-hybridized carbons (Fsp3) is 0.310. The minimum atomic E-state index is -0.246. The summed E-state index contributed by atoms with van der Waals surface area (Å²) in [7, 11) is 0. The molecule has 1 fully saturated rings. The molecule has 0 radical (unpaired) electrons. The summed E-state index contributed by atoms with van der Waals surface area (Å²) in [5.74, 6) is 0.559. The van der Waals surface area contributed by atoms with Crippen LogP contribution < -0.4 is 19.7 Å². The second-order valence-corrected chi connectivity index (χ2v) is 9.37. The first-order valence-electron chi connectivity index (χ1n) is 12.4. The molecule has 1 aliphatic rings. The summed E-state index contributed by atoms with van der Waals surface area (Å²) >= 11 is 5.80. The van der Waals surface area contributed by atoms with Crippen LogP contribution in [0.25, 0.3) is 0 Å². The molecule has 1 aliphatic heterocycles. The Morgan fingerprint density at radius 2 is 1.65 bits per heavy atom. The number of carbonyl (C=O) groups excluding carboxylic acids is 1. The number of halogens is 1. The van der Waals surface area contributed by atoms with Gasteiger partial charge in [-0.3, -0.25) is 4.79 Å². The fourth-order valence-corrected chi connectivity index (χ4v) is 4.50. The molecule has 37 heavy (non-hydrogen) atoms. The standard InChI is InChI=1S/C29H32FN3O3S/c1-4-35-27-18-22(29(37)33-15-13-32(14-16-33)25-10-7-23(30)8-11-25)6-12-26(27)36-19-28(34)31-24-9-5-20(2)21(3)17-24/h5-12,17-18H,4,13-16,19H2,1-3H3,(H,31,34). The molecule has 8 heteroatoms. The number of piperazine rings is 1. The molecule has 1 amide bonds. The van der Waals surface area contributed by atoms with Crippen molar-refractivity contribution in [1.29, 1.82) is 0 Å². The Morgan fingerprint density at radius 3 is 2.32 bits per heavy atom. The molecule has 0 atom stereocenters. The quantitative estimate of drug-likeness (QED) is 0.403. The summed E-state index contributed by atoms with van der Waals surface area (Å²) in [6.45, 7) is 9.36. The van der Waals surface area contributed by atoms with Crippen molar-refractivity contribution in [2.75, 3.05) is 49.6 Å². The van der Waals surface area contributed by atoms with Crippen molar-refractivity contribution in [3.05, 3.63) is 83.2 Å². The molecule has 194 valence electrons. The van der Waals surface area contributed by atoms with Crippen LogP contribution in [0.1, 0.15) is 23.6 Å². The number of nitrogens with one attached hydrogen (secondary N) is 1. The number of hydrogen-bond donors (Lipinski definition) is 1. The van der Waals surface area contributed by atoms with E-state index in [0.29, 0.717) is 18.1 Å². The first-order chi connectivity index (χ1) is 17.8. The number of amides is 1. The lowest BCUT2D eigenvalue weighted by Crippen LogP contribution is -2.48. The summed E-state index contributed by atoms with van der Waals surface area (Å²) in [5, 5.41) is 2.87. The third kappa shape index (κ3) is 6.77. The van der Waals surface area contributed by atoms with Gasteiger partial charge in [0.1, 0.15) is 10.8 Å². The van der Waals surface area contributed by atoms with Crippen molar-refractivity contribution < 1.29 is 18.7 Å². The number of nitrogens with zero attached hydrogens (tertiary/aromatic N) is 2. The second-order valence-electron chi connectivity index (χ2n) is 8.99. The first-order valence-corrected chi connectivity index (χ1v) is 12.8. The van der Waals surface area contributed by atoms with Crippen LogP contribution in [0.5, 0.6) is 11.5 Å². The predicted molar refractivity (Wildman–Crippen MR) is 150 cm³/mol. The van der Waals surface area contributed by atoms with Crippen LogP contribution in [-0.4, -0.2) is 55.2 Å². The molecule has 0 spiro atoms. The number of benzene rings is 3. The molecule has 1 N–H and O–H groups in total. The van der Waals surface area contributed by atoms with E-state index in [2.05, 4.69) is 15.1 Å². The van der Waals surface area contributed by atoms with E-state index >= 15 is 0 Å². The van der Waals surface area contributed by atoms with E-state index in [-0.39, 0.29) is 18.3 Å². The van der Waals surface area contributed by atoms with E-state index in [1.807, 2.05) is 51.1 Å². The van der Waals surface area contributed by atoms with Gasteiger partial charge in [-0.1, -0.05) is 18.3 Å². The minimum absolute atomic E-state index is 0.137. The van der Waals surface area contributed by atoms with E-state index in [4.69, 9.17) is 21.7 Å². The van der Waals surface area contributed by atoms with Gasteiger partial charge in [0.25, 0.3) is 5.91 Å². The highest BCUT2D eigenvalue weighted by molar-refractivity contribution is 7.80. The van der Waals surface area contributed by atoms with Gasteiger partial charge in [0.2, 0.25) is 0 Å². The Balaban J connectivity index is 1.36. The van der Waals surface area contributed by atoms with Crippen LogP contribution in [0.3, 0.4) is 0 Å². The highest BCUT2D eigenvalue weighted by Gasteiger charge is 2.21. The third-order valence-electron chi connectivity index (χ3n) is 6.40. The zero-order valence-electron chi connectivity index (χ0n) is 21.4. The first kappa shape index (κ1) is 26.4. The lowest BCUT2D eigenvalue weighted by atomic mass is 10.1. The lowest BCUT2D eigenvalue weighted by molar-refractivity contribution is -0.118. The van der Waals surface area contributed by atoms with Crippen LogP contribution in [-0.2, 0) is 4.79 Å². The minimum Gasteiger partial charge on any atom is -0.490 e. The van der Waals surface area contributed by atoms with Gasteiger partial charge in [-0.15, -0.1) is 0 Å². The number of hydrogen-bond acceptors (Lipinski definition) is 5. The molecule has 0 bridgehead atoms. The Morgan fingerprint density at radius 1 is 0.919 bits per heavy atom. The van der Waals surface area contributed by atoms with Crippen molar-refractivity contribution >= 4 is 34.5 Å². The Kier molecular flexibility index (Phi) is 8.61. The maximum Gasteiger partial charge on any atom is 0.262 e. The van der Waals surface area contributed by atoms with E-state index in [9.17, 15) is 9.18 Å². The van der Waals surface area contributed by atoms with Crippen LogP contribution in [0.4, 0.5) is 15.8 Å². The van der Waals surface area contributed by atoms with Crippen molar-refractivity contribution in [1.82, 2.24) is 4.90 Å². The maximum absolute atomic E-state index is 13.2. The van der Waals surface area contributed by atoms with Gasteiger partial charge in [-0.2, -0.15) is 0 Å². The van der Waals surface area contributed by atoms with E-state index in [1.54, 1.807) is 18.2 Å². The van der Waals surface area contributed by atoms with Gasteiger partial charge in [0.05, 0.1) is 6.61 Å². The molecule has 0 aromatic heterocycles. The molecule has 0 unspecified atom stereocenters. The SMILES string of the molecule is CCOc1cc(C(=S)N2CCN(c3ccc(F)cc3)CC2)ccc1OCC(=O)Nc1ccc(C)c(C)c1. The molecule has 4 rings (SSSR count). The van der Waals surface area contributed by atoms with Gasteiger partial charge >= 0.3 is 0 Å². The van der Waals surface area contributed by atoms with Gasteiger partial charge < -0.3 is 24.6 Å². The third-order valence-corrected chi connectivity index (χ3v) is 6.89. The summed E-state index contributed by atoms with van der Waals surface area (Å²) in [6.07, 6.45) is 0. The largest absolute Gasteiger partial charge is 0.490 e. The van der Waals surface area contributed by atoms with Crippen LogP contribution in [0, 0.1) is 19.7 Å². The Labute approximate surface area is 223 Å². The van der Waals surface area contributed by atoms with Crippen molar-refractivity contribution in [2.24, 2.45) is 0 Å². The van der Waals surface area contributed by atoms with Crippen LogP contribution >= 0.6 is 12.2 Å². The highest BCUT2D eigenvalue weighted by Crippen LogP contribution is 2.30. The summed E-state index contributed by atoms with van der Waals surface area (Å²) in [6, 6.07) is 17.9. The van der Waals surface area contributed by atoms with Crippen LogP contribution in [0.2, 0.25) is 0 Å². The molecule has 0 saturated carbocycles. The van der Waals surface area contributed by atoms with Gasteiger partial charge in [0.15, 0.2) is 18.1 Å². The predicted octanol–water partition coefficient (Wildman–Crippen LogP) is 5.36. The number of rotatable bonds is 8. The smallest absolute Gasteiger partial charge is 0.262 e. The molecular formula is C29H32FN3O3S. The van der Waals surface area contributed by atoms with E-state index in [0.717, 1.165) is 53.7 Å². The van der Waals surface area contributed by atoms with Crippen LogP contribution in [0.15, 0.2) is 60.7 Å². The monoisotopic (exact) mass is 521 g/mol. The number of anilines is 2. The molecule has 3 aromatic carbocycles. The van der Waals surface area contributed by atoms with Gasteiger partial charge in [-0.25, -0.2) is 4.39 Å². The van der Waals surface area contributed by atoms with E-state index in [1.165, 1.54) is 17.7 Å². The molecule has 6 nitrogen and oxygen atoms in total. The number of ether oxygens (including phenoxy) is 2. The Bertz CT molecular complexity index is 1260. The van der Waals surface area contributed by atoms with Crippen molar-refractivity contribution in [3.63, 3.8) is 0 Å². The number of aryl methyl sites for hydroxylation is 2. The molecule has 1 saturated heterocycles. The Hall–Kier alpha value is -3.65. The number of thiocarbonyl (C=S) groups is 1. The van der Waals surface area contributed by atoms with E-state index < -0.39 is 0 Å². The normalized spacial score (nSPS) is 13.3. The average Bonchev–Trinajstić information content (AvgIpc) is 2.90. The molecule has 3 aromatic rings. The zero-order valence-corrected chi connectivity index (χ0v) is 22.2. The highest BCUT2D eigenvalue weighted by atomic mass is 32.1.